The third-order valence-electron chi connectivity index (χ3n) is 3.67. The molecule has 1 fully saturated rings. The van der Waals surface area contributed by atoms with Crippen molar-refractivity contribution in [3.8, 4) is 0 Å². The van der Waals surface area contributed by atoms with Crippen LogP contribution in [0.1, 0.15) is 26.7 Å². The molecule has 2 rings (SSSR count). The van der Waals surface area contributed by atoms with Gasteiger partial charge in [0, 0.05) is 18.8 Å². The number of para-hydroxylation sites is 1. The van der Waals surface area contributed by atoms with E-state index >= 15 is 0 Å². The zero-order valence-electron chi connectivity index (χ0n) is 12.6. The van der Waals surface area contributed by atoms with E-state index in [1.807, 2.05) is 49.1 Å². The van der Waals surface area contributed by atoms with Gasteiger partial charge in [-0.3, -0.25) is 4.79 Å². The number of anilines is 1. The monoisotopic (exact) mass is 289 g/mol. The average molecular weight is 289 g/mol. The highest BCUT2D eigenvalue weighted by Gasteiger charge is 2.29. The molecule has 1 aliphatic heterocycles. The minimum atomic E-state index is -0.480. The van der Waals surface area contributed by atoms with E-state index in [4.69, 9.17) is 0 Å². The van der Waals surface area contributed by atoms with Gasteiger partial charge < -0.3 is 15.5 Å². The van der Waals surface area contributed by atoms with Gasteiger partial charge in [0.1, 0.15) is 6.04 Å². The second kappa shape index (κ2) is 7.11. The van der Waals surface area contributed by atoms with Crippen molar-refractivity contribution < 1.29 is 9.59 Å². The lowest BCUT2D eigenvalue weighted by Gasteiger charge is -2.26. The molecule has 1 saturated heterocycles. The Morgan fingerprint density at radius 2 is 1.71 bits per heavy atom. The van der Waals surface area contributed by atoms with Crippen molar-refractivity contribution >= 4 is 17.6 Å². The SMILES string of the molecule is CC(C)[C@H](NC(=O)Nc1ccccc1)C(=O)N1CCCC1. The van der Waals surface area contributed by atoms with Crippen LogP contribution in [0.5, 0.6) is 0 Å². The van der Waals surface area contributed by atoms with Crippen LogP contribution < -0.4 is 10.6 Å². The molecule has 0 aromatic heterocycles. The lowest BCUT2D eigenvalue weighted by Crippen LogP contribution is -2.51. The molecule has 1 heterocycles. The van der Waals surface area contributed by atoms with Crippen molar-refractivity contribution in [2.24, 2.45) is 5.92 Å². The fourth-order valence-electron chi connectivity index (χ4n) is 2.48. The summed E-state index contributed by atoms with van der Waals surface area (Å²) in [4.78, 5) is 26.4. The fraction of sp³-hybridized carbons (Fsp3) is 0.500. The summed E-state index contributed by atoms with van der Waals surface area (Å²) >= 11 is 0. The van der Waals surface area contributed by atoms with E-state index in [0.717, 1.165) is 25.9 Å². The highest BCUT2D eigenvalue weighted by Crippen LogP contribution is 2.13. The van der Waals surface area contributed by atoms with Crippen LogP contribution in [0.25, 0.3) is 0 Å². The van der Waals surface area contributed by atoms with Crippen molar-refractivity contribution in [1.29, 1.82) is 0 Å². The highest BCUT2D eigenvalue weighted by molar-refractivity contribution is 5.93. The zero-order chi connectivity index (χ0) is 15.2. The molecule has 0 spiro atoms. The molecule has 0 radical (unpaired) electrons. The number of urea groups is 1. The van der Waals surface area contributed by atoms with Gasteiger partial charge in [-0.05, 0) is 30.9 Å². The van der Waals surface area contributed by atoms with Gasteiger partial charge in [0.15, 0.2) is 0 Å². The van der Waals surface area contributed by atoms with Crippen LogP contribution >= 0.6 is 0 Å². The molecule has 114 valence electrons. The van der Waals surface area contributed by atoms with E-state index in [1.165, 1.54) is 0 Å². The molecular weight excluding hydrogens is 266 g/mol. The van der Waals surface area contributed by atoms with E-state index in [0.29, 0.717) is 5.69 Å². The van der Waals surface area contributed by atoms with Crippen molar-refractivity contribution in [2.75, 3.05) is 18.4 Å². The van der Waals surface area contributed by atoms with Crippen molar-refractivity contribution in [1.82, 2.24) is 10.2 Å². The summed E-state index contributed by atoms with van der Waals surface area (Å²) in [6.45, 7) is 5.48. The summed E-state index contributed by atoms with van der Waals surface area (Å²) in [6.07, 6.45) is 2.10. The maximum atomic E-state index is 12.5. The summed E-state index contributed by atoms with van der Waals surface area (Å²) < 4.78 is 0. The molecule has 5 heteroatoms. The van der Waals surface area contributed by atoms with Crippen LogP contribution in [0.2, 0.25) is 0 Å². The van der Waals surface area contributed by atoms with E-state index < -0.39 is 6.04 Å². The molecule has 1 aromatic rings. The molecule has 0 unspecified atom stereocenters. The number of amides is 3. The quantitative estimate of drug-likeness (QED) is 0.894. The number of benzene rings is 1. The Kier molecular flexibility index (Phi) is 5.20. The molecule has 2 N–H and O–H groups in total. The van der Waals surface area contributed by atoms with Gasteiger partial charge in [0.2, 0.25) is 5.91 Å². The highest BCUT2D eigenvalue weighted by atomic mass is 16.2. The normalized spacial score (nSPS) is 15.9. The molecule has 3 amide bonds. The number of likely N-dealkylation sites (tertiary alicyclic amines) is 1. The Balaban J connectivity index is 1.95. The van der Waals surface area contributed by atoms with Crippen LogP contribution in [-0.2, 0) is 4.79 Å². The van der Waals surface area contributed by atoms with Gasteiger partial charge >= 0.3 is 6.03 Å². The summed E-state index contributed by atoms with van der Waals surface area (Å²) in [5.41, 5.74) is 0.714. The molecule has 1 aliphatic rings. The first-order valence-electron chi connectivity index (χ1n) is 7.49. The number of hydrogen-bond donors (Lipinski definition) is 2. The van der Waals surface area contributed by atoms with Crippen molar-refractivity contribution in [3.63, 3.8) is 0 Å². The number of hydrogen-bond acceptors (Lipinski definition) is 2. The largest absolute Gasteiger partial charge is 0.341 e. The van der Waals surface area contributed by atoms with Gasteiger partial charge in [0.25, 0.3) is 0 Å². The Morgan fingerprint density at radius 3 is 2.29 bits per heavy atom. The third kappa shape index (κ3) is 4.21. The number of rotatable bonds is 4. The van der Waals surface area contributed by atoms with E-state index in [2.05, 4.69) is 10.6 Å². The van der Waals surface area contributed by atoms with Crippen LogP contribution in [0, 0.1) is 5.92 Å². The van der Waals surface area contributed by atoms with Crippen LogP contribution in [0.3, 0.4) is 0 Å². The third-order valence-corrected chi connectivity index (χ3v) is 3.67. The maximum Gasteiger partial charge on any atom is 0.319 e. The number of carbonyl (C=O) groups is 2. The number of nitrogens with one attached hydrogen (secondary N) is 2. The van der Waals surface area contributed by atoms with Crippen LogP contribution in [0.15, 0.2) is 30.3 Å². The molecule has 0 aliphatic carbocycles. The van der Waals surface area contributed by atoms with Crippen molar-refractivity contribution in [3.05, 3.63) is 30.3 Å². The second-order valence-electron chi connectivity index (χ2n) is 5.72. The van der Waals surface area contributed by atoms with E-state index in [-0.39, 0.29) is 17.9 Å². The smallest absolute Gasteiger partial charge is 0.319 e. The van der Waals surface area contributed by atoms with Crippen molar-refractivity contribution in [2.45, 2.75) is 32.7 Å². The predicted molar refractivity (Wildman–Crippen MR) is 83.0 cm³/mol. The summed E-state index contributed by atoms with van der Waals surface area (Å²) in [5, 5.41) is 5.55. The average Bonchev–Trinajstić information content (AvgIpc) is 2.99. The van der Waals surface area contributed by atoms with Gasteiger partial charge in [0.05, 0.1) is 0 Å². The first-order chi connectivity index (χ1) is 10.1. The van der Waals surface area contributed by atoms with Gasteiger partial charge in [-0.15, -0.1) is 0 Å². The molecule has 1 aromatic carbocycles. The summed E-state index contributed by atoms with van der Waals surface area (Å²) in [7, 11) is 0. The topological polar surface area (TPSA) is 61.4 Å². The Morgan fingerprint density at radius 1 is 1.10 bits per heavy atom. The molecule has 5 nitrogen and oxygen atoms in total. The lowest BCUT2D eigenvalue weighted by molar-refractivity contribution is -0.133. The second-order valence-corrected chi connectivity index (χ2v) is 5.72. The molecular formula is C16H23N3O2. The fourth-order valence-corrected chi connectivity index (χ4v) is 2.48. The lowest BCUT2D eigenvalue weighted by atomic mass is 10.0. The molecule has 21 heavy (non-hydrogen) atoms. The minimum absolute atomic E-state index is 0.0192. The van der Waals surface area contributed by atoms with Crippen LogP contribution in [-0.4, -0.2) is 36.0 Å². The van der Waals surface area contributed by atoms with E-state index in [1.54, 1.807) is 0 Å². The summed E-state index contributed by atoms with van der Waals surface area (Å²) in [5.74, 6) is 0.0744. The van der Waals surface area contributed by atoms with Gasteiger partial charge in [-0.25, -0.2) is 4.79 Å². The van der Waals surface area contributed by atoms with Gasteiger partial charge in [-0.1, -0.05) is 32.0 Å². The first kappa shape index (κ1) is 15.4. The zero-order valence-corrected chi connectivity index (χ0v) is 12.6. The number of carbonyl (C=O) groups excluding carboxylic acids is 2. The van der Waals surface area contributed by atoms with E-state index in [9.17, 15) is 9.59 Å². The Hall–Kier alpha value is -2.04. The standard InChI is InChI=1S/C16H23N3O2/c1-12(2)14(15(20)19-10-6-7-11-19)18-16(21)17-13-8-4-3-5-9-13/h3-5,8-9,12,14H,6-7,10-11H2,1-2H3,(H2,17,18,21)/t14-/m0/s1. The molecule has 0 saturated carbocycles. The van der Waals surface area contributed by atoms with Crippen LogP contribution in [0.4, 0.5) is 10.5 Å². The molecule has 1 atom stereocenters. The first-order valence-corrected chi connectivity index (χ1v) is 7.49. The maximum absolute atomic E-state index is 12.5. The Bertz CT molecular complexity index is 482. The molecule has 0 bridgehead atoms. The summed E-state index contributed by atoms with van der Waals surface area (Å²) in [6, 6.07) is 8.39. The Labute approximate surface area is 125 Å². The minimum Gasteiger partial charge on any atom is -0.341 e. The number of nitrogens with zero attached hydrogens (tertiary/aromatic N) is 1. The predicted octanol–water partition coefficient (Wildman–Crippen LogP) is 2.46. The van der Waals surface area contributed by atoms with Gasteiger partial charge in [-0.2, -0.15) is 0 Å².